The standard InChI is InChI=1S/C12H24N2O2/c1-2-14-7-3-4-11(13,10-14)12(15)5-8-16-9-6-12/h15H,2-10,13H2,1H3. The average molecular weight is 228 g/mol. The third-order valence-electron chi connectivity index (χ3n) is 4.30. The van der Waals surface area contributed by atoms with Crippen molar-refractivity contribution >= 4 is 0 Å². The molecule has 0 radical (unpaired) electrons. The van der Waals surface area contributed by atoms with E-state index in [2.05, 4.69) is 11.8 Å². The molecule has 2 aliphatic heterocycles. The van der Waals surface area contributed by atoms with E-state index in [1.807, 2.05) is 0 Å². The number of piperidine rings is 1. The van der Waals surface area contributed by atoms with Gasteiger partial charge in [0.1, 0.15) is 0 Å². The maximum Gasteiger partial charge on any atom is 0.0882 e. The summed E-state index contributed by atoms with van der Waals surface area (Å²) in [6.45, 7) is 6.39. The second-order valence-electron chi connectivity index (χ2n) is 5.27. The molecule has 94 valence electrons. The summed E-state index contributed by atoms with van der Waals surface area (Å²) in [5.74, 6) is 0. The number of rotatable bonds is 2. The van der Waals surface area contributed by atoms with Crippen LogP contribution in [0.25, 0.3) is 0 Å². The largest absolute Gasteiger partial charge is 0.388 e. The predicted octanol–water partition coefficient (Wildman–Crippen LogP) is 0.341. The number of hydrogen-bond donors (Lipinski definition) is 2. The van der Waals surface area contributed by atoms with Crippen LogP contribution in [-0.2, 0) is 4.74 Å². The van der Waals surface area contributed by atoms with Crippen molar-refractivity contribution in [2.45, 2.75) is 43.7 Å². The first-order chi connectivity index (χ1) is 7.60. The molecule has 2 heterocycles. The molecule has 3 N–H and O–H groups in total. The molecular weight excluding hydrogens is 204 g/mol. The molecule has 16 heavy (non-hydrogen) atoms. The van der Waals surface area contributed by atoms with Crippen LogP contribution >= 0.6 is 0 Å². The number of likely N-dealkylation sites (tertiary alicyclic amines) is 1. The maximum atomic E-state index is 10.7. The summed E-state index contributed by atoms with van der Waals surface area (Å²) in [4.78, 5) is 2.34. The van der Waals surface area contributed by atoms with Crippen LogP contribution in [0.2, 0.25) is 0 Å². The Morgan fingerprint density at radius 1 is 1.31 bits per heavy atom. The minimum atomic E-state index is -0.723. The Morgan fingerprint density at radius 3 is 2.62 bits per heavy atom. The van der Waals surface area contributed by atoms with Crippen molar-refractivity contribution in [3.05, 3.63) is 0 Å². The molecule has 0 amide bonds. The topological polar surface area (TPSA) is 58.7 Å². The van der Waals surface area contributed by atoms with E-state index in [1.165, 1.54) is 0 Å². The Balaban J connectivity index is 2.09. The highest BCUT2D eigenvalue weighted by Crippen LogP contribution is 2.36. The number of hydrogen-bond acceptors (Lipinski definition) is 4. The van der Waals surface area contributed by atoms with E-state index in [0.29, 0.717) is 26.1 Å². The summed E-state index contributed by atoms with van der Waals surface area (Å²) >= 11 is 0. The zero-order chi connectivity index (χ0) is 11.6. The van der Waals surface area contributed by atoms with Crippen LogP contribution in [0.4, 0.5) is 0 Å². The highest BCUT2D eigenvalue weighted by Gasteiger charge is 2.49. The molecule has 4 heteroatoms. The van der Waals surface area contributed by atoms with Gasteiger partial charge in [-0.3, -0.25) is 0 Å². The number of aliphatic hydroxyl groups is 1. The van der Waals surface area contributed by atoms with Gasteiger partial charge in [-0.15, -0.1) is 0 Å². The van der Waals surface area contributed by atoms with E-state index in [4.69, 9.17) is 10.5 Å². The Morgan fingerprint density at radius 2 is 2.00 bits per heavy atom. The first kappa shape index (κ1) is 12.3. The van der Waals surface area contributed by atoms with Gasteiger partial charge in [0.15, 0.2) is 0 Å². The van der Waals surface area contributed by atoms with Crippen LogP contribution < -0.4 is 5.73 Å². The van der Waals surface area contributed by atoms with E-state index in [9.17, 15) is 5.11 Å². The van der Waals surface area contributed by atoms with Crippen LogP contribution in [-0.4, -0.2) is 54.0 Å². The quantitative estimate of drug-likeness (QED) is 0.715. The van der Waals surface area contributed by atoms with E-state index < -0.39 is 11.1 Å². The van der Waals surface area contributed by atoms with Gasteiger partial charge in [0.05, 0.1) is 11.1 Å². The predicted molar refractivity (Wildman–Crippen MR) is 63.3 cm³/mol. The normalized spacial score (nSPS) is 36.2. The maximum absolute atomic E-state index is 10.7. The summed E-state index contributed by atoms with van der Waals surface area (Å²) < 4.78 is 5.32. The first-order valence-corrected chi connectivity index (χ1v) is 6.41. The number of nitrogens with zero attached hydrogens (tertiary/aromatic N) is 1. The van der Waals surface area contributed by atoms with E-state index >= 15 is 0 Å². The molecule has 0 bridgehead atoms. The molecule has 2 aliphatic rings. The van der Waals surface area contributed by atoms with Crippen molar-refractivity contribution in [1.29, 1.82) is 0 Å². The summed E-state index contributed by atoms with van der Waals surface area (Å²) in [6, 6.07) is 0. The molecule has 0 aromatic carbocycles. The van der Waals surface area contributed by atoms with E-state index in [0.717, 1.165) is 32.5 Å². The number of ether oxygens (including phenoxy) is 1. The molecule has 1 atom stereocenters. The van der Waals surface area contributed by atoms with Gasteiger partial charge in [0, 0.05) is 32.6 Å². The second kappa shape index (κ2) is 4.61. The first-order valence-electron chi connectivity index (χ1n) is 6.41. The molecule has 4 nitrogen and oxygen atoms in total. The Hall–Kier alpha value is -0.160. The second-order valence-corrected chi connectivity index (χ2v) is 5.27. The van der Waals surface area contributed by atoms with Crippen molar-refractivity contribution in [3.63, 3.8) is 0 Å². The Labute approximate surface area is 97.7 Å². The lowest BCUT2D eigenvalue weighted by Gasteiger charge is -2.51. The zero-order valence-electron chi connectivity index (χ0n) is 10.2. The van der Waals surface area contributed by atoms with Crippen molar-refractivity contribution < 1.29 is 9.84 Å². The summed E-state index contributed by atoms with van der Waals surface area (Å²) in [5, 5.41) is 10.7. The fourth-order valence-corrected chi connectivity index (χ4v) is 3.03. The van der Waals surface area contributed by atoms with Gasteiger partial charge in [0.2, 0.25) is 0 Å². The van der Waals surface area contributed by atoms with Crippen LogP contribution in [0.1, 0.15) is 32.6 Å². The van der Waals surface area contributed by atoms with Gasteiger partial charge in [-0.05, 0) is 25.9 Å². The van der Waals surface area contributed by atoms with E-state index in [1.54, 1.807) is 0 Å². The highest BCUT2D eigenvalue weighted by atomic mass is 16.5. The lowest BCUT2D eigenvalue weighted by atomic mass is 9.71. The van der Waals surface area contributed by atoms with Crippen LogP contribution in [0.15, 0.2) is 0 Å². The molecule has 0 saturated carbocycles. The average Bonchev–Trinajstić information content (AvgIpc) is 2.30. The van der Waals surface area contributed by atoms with Crippen molar-refractivity contribution in [3.8, 4) is 0 Å². The SMILES string of the molecule is CCN1CCCC(N)(C2(O)CCOCC2)C1. The summed E-state index contributed by atoms with van der Waals surface area (Å²) in [6.07, 6.45) is 3.38. The number of nitrogens with two attached hydrogens (primary N) is 1. The van der Waals surface area contributed by atoms with Gasteiger partial charge in [-0.25, -0.2) is 0 Å². The minimum Gasteiger partial charge on any atom is -0.388 e. The van der Waals surface area contributed by atoms with E-state index in [-0.39, 0.29) is 0 Å². The third-order valence-corrected chi connectivity index (χ3v) is 4.30. The van der Waals surface area contributed by atoms with Gasteiger partial charge < -0.3 is 20.5 Å². The van der Waals surface area contributed by atoms with Crippen molar-refractivity contribution in [2.24, 2.45) is 5.73 Å². The van der Waals surface area contributed by atoms with Crippen molar-refractivity contribution in [1.82, 2.24) is 4.90 Å². The Bertz CT molecular complexity index is 241. The lowest BCUT2D eigenvalue weighted by molar-refractivity contribution is -0.125. The number of likely N-dealkylation sites (N-methyl/N-ethyl adjacent to an activating group) is 1. The minimum absolute atomic E-state index is 0.439. The molecule has 0 aliphatic carbocycles. The van der Waals surface area contributed by atoms with Crippen molar-refractivity contribution in [2.75, 3.05) is 32.8 Å². The zero-order valence-corrected chi connectivity index (χ0v) is 10.2. The highest BCUT2D eigenvalue weighted by molar-refractivity contribution is 5.07. The smallest absolute Gasteiger partial charge is 0.0882 e. The molecule has 2 rings (SSSR count). The van der Waals surface area contributed by atoms with Gasteiger partial charge in [-0.1, -0.05) is 6.92 Å². The molecule has 0 aromatic heterocycles. The molecule has 0 aromatic rings. The monoisotopic (exact) mass is 228 g/mol. The summed E-state index contributed by atoms with van der Waals surface area (Å²) in [7, 11) is 0. The van der Waals surface area contributed by atoms with Crippen LogP contribution in [0.5, 0.6) is 0 Å². The van der Waals surface area contributed by atoms with Gasteiger partial charge in [-0.2, -0.15) is 0 Å². The van der Waals surface area contributed by atoms with Crippen LogP contribution in [0.3, 0.4) is 0 Å². The fraction of sp³-hybridized carbons (Fsp3) is 1.00. The molecule has 2 saturated heterocycles. The Kier molecular flexibility index (Phi) is 3.54. The lowest BCUT2D eigenvalue weighted by Crippen LogP contribution is -2.69. The molecule has 0 spiro atoms. The third kappa shape index (κ3) is 2.12. The summed E-state index contributed by atoms with van der Waals surface area (Å²) in [5.41, 5.74) is 5.32. The van der Waals surface area contributed by atoms with Gasteiger partial charge in [0.25, 0.3) is 0 Å². The molecular formula is C12H24N2O2. The fourth-order valence-electron chi connectivity index (χ4n) is 3.03. The van der Waals surface area contributed by atoms with Gasteiger partial charge >= 0.3 is 0 Å². The molecule has 2 fully saturated rings. The van der Waals surface area contributed by atoms with Crippen LogP contribution in [0, 0.1) is 0 Å². The molecule has 1 unspecified atom stereocenters.